The van der Waals surface area contributed by atoms with E-state index in [0.29, 0.717) is 11.7 Å². The number of carbonyl (C=O) groups excluding carboxylic acids is 1. The van der Waals surface area contributed by atoms with Crippen LogP contribution in [0.2, 0.25) is 0 Å². The molecule has 0 aliphatic carbocycles. The number of hydrogen-bond acceptors (Lipinski definition) is 3. The van der Waals surface area contributed by atoms with Gasteiger partial charge in [-0.15, -0.1) is 0 Å². The third-order valence-corrected chi connectivity index (χ3v) is 4.06. The highest BCUT2D eigenvalue weighted by molar-refractivity contribution is 8.00. The fourth-order valence-corrected chi connectivity index (χ4v) is 3.02. The summed E-state index contributed by atoms with van der Waals surface area (Å²) in [6, 6.07) is 0.0335. The van der Waals surface area contributed by atoms with Gasteiger partial charge in [-0.05, 0) is 25.0 Å². The van der Waals surface area contributed by atoms with Crippen LogP contribution in [0.25, 0.3) is 0 Å². The highest BCUT2D eigenvalue weighted by Crippen LogP contribution is 2.25. The summed E-state index contributed by atoms with van der Waals surface area (Å²) in [5.41, 5.74) is 5.80. The number of rotatable bonds is 6. The average Bonchev–Trinajstić information content (AvgIpc) is 2.67. The molecule has 0 aromatic heterocycles. The zero-order valence-electron chi connectivity index (χ0n) is 9.50. The summed E-state index contributed by atoms with van der Waals surface area (Å²) in [6.45, 7) is 2.91. The number of nitrogens with one attached hydrogen (secondary N) is 1. The van der Waals surface area contributed by atoms with E-state index in [1.54, 1.807) is 0 Å². The first-order valence-electron chi connectivity index (χ1n) is 5.86. The summed E-state index contributed by atoms with van der Waals surface area (Å²) in [5.74, 6) is 1.36. The maximum Gasteiger partial charge on any atom is 0.221 e. The van der Waals surface area contributed by atoms with Gasteiger partial charge in [0.2, 0.25) is 5.91 Å². The molecule has 15 heavy (non-hydrogen) atoms. The number of thioether (sulfide) groups is 1. The lowest BCUT2D eigenvalue weighted by molar-refractivity contribution is -0.121. The van der Waals surface area contributed by atoms with Gasteiger partial charge >= 0.3 is 0 Å². The molecule has 1 amide bonds. The Balaban J connectivity index is 2.07. The van der Waals surface area contributed by atoms with Gasteiger partial charge in [0.1, 0.15) is 0 Å². The quantitative estimate of drug-likeness (QED) is 0.727. The van der Waals surface area contributed by atoms with E-state index < -0.39 is 0 Å². The van der Waals surface area contributed by atoms with Gasteiger partial charge in [-0.3, -0.25) is 4.79 Å². The Morgan fingerprint density at radius 2 is 2.47 bits per heavy atom. The largest absolute Gasteiger partial charge is 0.355 e. The minimum Gasteiger partial charge on any atom is -0.355 e. The van der Waals surface area contributed by atoms with Gasteiger partial charge in [0.05, 0.1) is 0 Å². The molecule has 3 nitrogen and oxygen atoms in total. The second-order valence-corrected chi connectivity index (χ2v) is 5.60. The monoisotopic (exact) mass is 230 g/mol. The van der Waals surface area contributed by atoms with Crippen molar-refractivity contribution in [1.29, 1.82) is 0 Å². The van der Waals surface area contributed by atoms with Crippen LogP contribution < -0.4 is 11.1 Å². The first-order chi connectivity index (χ1) is 7.22. The van der Waals surface area contributed by atoms with Gasteiger partial charge in [-0.2, -0.15) is 11.8 Å². The summed E-state index contributed by atoms with van der Waals surface area (Å²) in [5, 5.41) is 3.61. The average molecular weight is 230 g/mol. The second-order valence-electron chi connectivity index (χ2n) is 4.19. The van der Waals surface area contributed by atoms with Crippen molar-refractivity contribution in [3.05, 3.63) is 0 Å². The topological polar surface area (TPSA) is 55.1 Å². The predicted molar refractivity (Wildman–Crippen MR) is 66.0 cm³/mol. The van der Waals surface area contributed by atoms with Crippen LogP contribution in [0.3, 0.4) is 0 Å². The van der Waals surface area contributed by atoms with Crippen molar-refractivity contribution >= 4 is 17.7 Å². The van der Waals surface area contributed by atoms with Crippen molar-refractivity contribution in [2.75, 3.05) is 12.3 Å². The molecule has 0 spiro atoms. The molecule has 3 N–H and O–H groups in total. The molecule has 2 unspecified atom stereocenters. The molecular weight excluding hydrogens is 208 g/mol. The smallest absolute Gasteiger partial charge is 0.221 e. The van der Waals surface area contributed by atoms with E-state index in [1.165, 1.54) is 18.6 Å². The van der Waals surface area contributed by atoms with Gasteiger partial charge in [0, 0.05) is 24.3 Å². The maximum atomic E-state index is 11.5. The lowest BCUT2D eigenvalue weighted by atomic mass is 10.1. The number of hydrogen-bond donors (Lipinski definition) is 2. The fraction of sp³-hybridized carbons (Fsp3) is 0.909. The highest BCUT2D eigenvalue weighted by Gasteiger charge is 2.16. The Morgan fingerprint density at radius 3 is 3.07 bits per heavy atom. The standard InChI is InChI=1S/C11H22N2OS/c1-2-4-9(12)7-11(14)13-8-10-5-3-6-15-10/h9-10H,2-8,12H2,1H3,(H,13,14). The maximum absolute atomic E-state index is 11.5. The minimum atomic E-state index is 0.0335. The van der Waals surface area contributed by atoms with Crippen LogP contribution >= 0.6 is 11.8 Å². The van der Waals surface area contributed by atoms with Gasteiger partial charge in [0.25, 0.3) is 0 Å². The molecule has 0 radical (unpaired) electrons. The summed E-state index contributed by atoms with van der Waals surface area (Å²) in [6.07, 6.45) is 5.00. The van der Waals surface area contributed by atoms with Crippen LogP contribution in [-0.2, 0) is 4.79 Å². The minimum absolute atomic E-state index is 0.0335. The molecule has 1 heterocycles. The van der Waals surface area contributed by atoms with Crippen molar-refractivity contribution in [3.63, 3.8) is 0 Å². The molecule has 1 saturated heterocycles. The Morgan fingerprint density at radius 1 is 1.67 bits per heavy atom. The van der Waals surface area contributed by atoms with Crippen LogP contribution in [0.4, 0.5) is 0 Å². The molecule has 0 aromatic carbocycles. The molecular formula is C11H22N2OS. The van der Waals surface area contributed by atoms with Crippen LogP contribution in [0.1, 0.15) is 39.0 Å². The Hall–Kier alpha value is -0.220. The van der Waals surface area contributed by atoms with E-state index in [4.69, 9.17) is 5.73 Å². The third kappa shape index (κ3) is 5.42. The van der Waals surface area contributed by atoms with Crippen LogP contribution in [0.15, 0.2) is 0 Å². The molecule has 0 bridgehead atoms. The Bertz CT molecular complexity index is 193. The molecule has 2 atom stereocenters. The van der Waals surface area contributed by atoms with Gasteiger partial charge < -0.3 is 11.1 Å². The number of carbonyl (C=O) groups is 1. The van der Waals surface area contributed by atoms with E-state index in [9.17, 15) is 4.79 Å². The fourth-order valence-electron chi connectivity index (χ4n) is 1.82. The van der Waals surface area contributed by atoms with E-state index in [0.717, 1.165) is 19.4 Å². The molecule has 1 rings (SSSR count). The van der Waals surface area contributed by atoms with Crippen molar-refractivity contribution in [2.45, 2.75) is 50.3 Å². The van der Waals surface area contributed by atoms with Crippen LogP contribution in [0.5, 0.6) is 0 Å². The molecule has 0 saturated carbocycles. The second kappa shape index (κ2) is 7.12. The van der Waals surface area contributed by atoms with Gasteiger partial charge in [0.15, 0.2) is 0 Å². The Kier molecular flexibility index (Phi) is 6.10. The lowest BCUT2D eigenvalue weighted by Crippen LogP contribution is -2.34. The SMILES string of the molecule is CCCC(N)CC(=O)NCC1CCCS1. The predicted octanol–water partition coefficient (Wildman–Crippen LogP) is 1.52. The van der Waals surface area contributed by atoms with E-state index >= 15 is 0 Å². The van der Waals surface area contributed by atoms with Crippen molar-refractivity contribution in [3.8, 4) is 0 Å². The van der Waals surface area contributed by atoms with Gasteiger partial charge in [-0.25, -0.2) is 0 Å². The van der Waals surface area contributed by atoms with Crippen molar-refractivity contribution < 1.29 is 4.79 Å². The summed E-state index contributed by atoms with van der Waals surface area (Å²) in [4.78, 5) is 11.5. The van der Waals surface area contributed by atoms with Crippen LogP contribution in [0, 0.1) is 0 Å². The van der Waals surface area contributed by atoms with Crippen LogP contribution in [-0.4, -0.2) is 29.5 Å². The third-order valence-electron chi connectivity index (χ3n) is 2.66. The molecule has 88 valence electrons. The van der Waals surface area contributed by atoms with Crippen molar-refractivity contribution in [1.82, 2.24) is 5.32 Å². The highest BCUT2D eigenvalue weighted by atomic mass is 32.2. The number of amides is 1. The first-order valence-corrected chi connectivity index (χ1v) is 6.91. The zero-order chi connectivity index (χ0) is 11.1. The lowest BCUT2D eigenvalue weighted by Gasteiger charge is -2.13. The summed E-state index contributed by atoms with van der Waals surface area (Å²) in [7, 11) is 0. The summed E-state index contributed by atoms with van der Waals surface area (Å²) < 4.78 is 0. The normalized spacial score (nSPS) is 22.7. The van der Waals surface area contributed by atoms with E-state index in [2.05, 4.69) is 12.2 Å². The molecule has 1 fully saturated rings. The molecule has 0 aromatic rings. The van der Waals surface area contributed by atoms with Gasteiger partial charge in [-0.1, -0.05) is 13.3 Å². The number of nitrogens with two attached hydrogens (primary N) is 1. The molecule has 1 aliphatic heterocycles. The first kappa shape index (κ1) is 12.8. The zero-order valence-corrected chi connectivity index (χ0v) is 10.3. The van der Waals surface area contributed by atoms with Crippen molar-refractivity contribution in [2.24, 2.45) is 5.73 Å². The van der Waals surface area contributed by atoms with E-state index in [1.807, 2.05) is 11.8 Å². The summed E-state index contributed by atoms with van der Waals surface area (Å²) >= 11 is 1.97. The Labute approximate surface area is 96.6 Å². The molecule has 1 aliphatic rings. The molecule has 4 heteroatoms. The van der Waals surface area contributed by atoms with E-state index in [-0.39, 0.29) is 11.9 Å².